The number of nitro groups is 1. The standard InChI is InChI=1S/C16H17ClN2O5S/c1-11-15(17)8-14(9-16(11)19(20)21)25(22,23)18(2)10-12-4-6-13(24-3)7-5-12/h4-9H,10H2,1-3H3. The van der Waals surface area contributed by atoms with Gasteiger partial charge in [-0.05, 0) is 30.7 Å². The Morgan fingerprint density at radius 3 is 2.36 bits per heavy atom. The van der Waals surface area contributed by atoms with Gasteiger partial charge in [0.2, 0.25) is 10.0 Å². The van der Waals surface area contributed by atoms with Gasteiger partial charge in [0.25, 0.3) is 5.69 Å². The fraction of sp³-hybridized carbons (Fsp3) is 0.250. The molecule has 0 saturated carbocycles. The number of hydrogen-bond donors (Lipinski definition) is 0. The lowest BCUT2D eigenvalue weighted by Crippen LogP contribution is -2.26. The molecular formula is C16H17ClN2O5S. The van der Waals surface area contributed by atoms with Crippen molar-refractivity contribution < 1.29 is 18.1 Å². The molecule has 9 heteroatoms. The second-order valence-electron chi connectivity index (χ2n) is 5.42. The van der Waals surface area contributed by atoms with E-state index in [-0.39, 0.29) is 27.7 Å². The molecule has 0 fully saturated rings. The van der Waals surface area contributed by atoms with E-state index in [1.54, 1.807) is 31.4 Å². The normalized spacial score (nSPS) is 11.6. The van der Waals surface area contributed by atoms with Crippen LogP contribution < -0.4 is 4.74 Å². The third-order valence-corrected chi connectivity index (χ3v) is 5.93. The lowest BCUT2D eigenvalue weighted by molar-refractivity contribution is -0.385. The van der Waals surface area contributed by atoms with E-state index in [0.29, 0.717) is 5.75 Å². The minimum absolute atomic E-state index is 0.0330. The number of methoxy groups -OCH3 is 1. The van der Waals surface area contributed by atoms with E-state index in [1.165, 1.54) is 20.0 Å². The summed E-state index contributed by atoms with van der Waals surface area (Å²) in [5, 5.41) is 11.1. The second-order valence-corrected chi connectivity index (χ2v) is 7.87. The zero-order valence-corrected chi connectivity index (χ0v) is 15.5. The van der Waals surface area contributed by atoms with Gasteiger partial charge in [0, 0.05) is 25.2 Å². The predicted octanol–water partition coefficient (Wildman–Crippen LogP) is 3.39. The van der Waals surface area contributed by atoms with Crippen molar-refractivity contribution in [2.75, 3.05) is 14.2 Å². The van der Waals surface area contributed by atoms with Gasteiger partial charge in [0.15, 0.2) is 0 Å². The molecule has 2 rings (SSSR count). The summed E-state index contributed by atoms with van der Waals surface area (Å²) >= 11 is 5.97. The number of hydrogen-bond acceptors (Lipinski definition) is 5. The summed E-state index contributed by atoms with van der Waals surface area (Å²) in [4.78, 5) is 10.2. The molecule has 134 valence electrons. The zero-order valence-electron chi connectivity index (χ0n) is 13.9. The van der Waals surface area contributed by atoms with Crippen molar-refractivity contribution in [1.29, 1.82) is 0 Å². The molecule has 0 unspecified atom stereocenters. The van der Waals surface area contributed by atoms with Gasteiger partial charge in [-0.1, -0.05) is 23.7 Å². The molecule has 0 bridgehead atoms. The third kappa shape index (κ3) is 4.09. The zero-order chi connectivity index (χ0) is 18.8. The maximum absolute atomic E-state index is 12.7. The molecule has 0 saturated heterocycles. The number of rotatable bonds is 6. The minimum Gasteiger partial charge on any atom is -0.497 e. The molecule has 7 nitrogen and oxygen atoms in total. The number of nitrogens with zero attached hydrogens (tertiary/aromatic N) is 2. The lowest BCUT2D eigenvalue weighted by atomic mass is 10.2. The summed E-state index contributed by atoms with van der Waals surface area (Å²) in [5.41, 5.74) is 0.645. The van der Waals surface area contributed by atoms with Crippen molar-refractivity contribution in [3.05, 3.63) is 62.7 Å². The topological polar surface area (TPSA) is 89.8 Å². The molecule has 0 aliphatic carbocycles. The van der Waals surface area contributed by atoms with Crippen molar-refractivity contribution in [3.63, 3.8) is 0 Å². The smallest absolute Gasteiger partial charge is 0.275 e. The van der Waals surface area contributed by atoms with Gasteiger partial charge in [-0.25, -0.2) is 8.42 Å². The first-order chi connectivity index (χ1) is 11.7. The van der Waals surface area contributed by atoms with Gasteiger partial charge >= 0.3 is 0 Å². The summed E-state index contributed by atoms with van der Waals surface area (Å²) in [6, 6.07) is 9.20. The van der Waals surface area contributed by atoms with E-state index in [2.05, 4.69) is 0 Å². The minimum atomic E-state index is -3.93. The molecule has 0 aliphatic heterocycles. The van der Waals surface area contributed by atoms with Crippen LogP contribution in [0.5, 0.6) is 5.75 Å². The molecule has 2 aromatic rings. The highest BCUT2D eigenvalue weighted by Gasteiger charge is 2.26. The van der Waals surface area contributed by atoms with Crippen LogP contribution in [0.25, 0.3) is 0 Å². The van der Waals surface area contributed by atoms with E-state index in [9.17, 15) is 18.5 Å². The largest absolute Gasteiger partial charge is 0.497 e. The number of sulfonamides is 1. The second kappa shape index (κ2) is 7.38. The van der Waals surface area contributed by atoms with Gasteiger partial charge in [0.1, 0.15) is 5.75 Å². The third-order valence-electron chi connectivity index (χ3n) is 3.76. The highest BCUT2D eigenvalue weighted by Crippen LogP contribution is 2.31. The van der Waals surface area contributed by atoms with Crippen molar-refractivity contribution >= 4 is 27.3 Å². The van der Waals surface area contributed by atoms with Crippen molar-refractivity contribution in [2.45, 2.75) is 18.4 Å². The summed E-state index contributed by atoms with van der Waals surface area (Å²) in [6.45, 7) is 1.57. The fourth-order valence-corrected chi connectivity index (χ4v) is 3.72. The van der Waals surface area contributed by atoms with Crippen LogP contribution in [-0.4, -0.2) is 31.8 Å². The Bertz CT molecular complexity index is 897. The summed E-state index contributed by atoms with van der Waals surface area (Å²) in [7, 11) is -0.992. The van der Waals surface area contributed by atoms with Crippen LogP contribution in [0.4, 0.5) is 5.69 Å². The Morgan fingerprint density at radius 2 is 1.84 bits per heavy atom. The molecule has 0 N–H and O–H groups in total. The SMILES string of the molecule is COc1ccc(CN(C)S(=O)(=O)c2cc(Cl)c(C)c([N+](=O)[O-])c2)cc1. The van der Waals surface area contributed by atoms with Crippen LogP contribution in [0.2, 0.25) is 5.02 Å². The van der Waals surface area contributed by atoms with Crippen molar-refractivity contribution in [3.8, 4) is 5.75 Å². The van der Waals surface area contributed by atoms with Gasteiger partial charge in [0.05, 0.1) is 22.0 Å². The Hall–Kier alpha value is -2.16. The van der Waals surface area contributed by atoms with E-state index >= 15 is 0 Å². The molecule has 0 radical (unpaired) electrons. The van der Waals surface area contributed by atoms with Crippen LogP contribution >= 0.6 is 11.6 Å². The Morgan fingerprint density at radius 1 is 1.24 bits per heavy atom. The average molecular weight is 385 g/mol. The molecule has 0 heterocycles. The van der Waals surface area contributed by atoms with Gasteiger partial charge in [-0.2, -0.15) is 4.31 Å². The van der Waals surface area contributed by atoms with Crippen LogP contribution in [0, 0.1) is 17.0 Å². The van der Waals surface area contributed by atoms with Crippen LogP contribution in [-0.2, 0) is 16.6 Å². The summed E-state index contributed by atoms with van der Waals surface area (Å²) in [6.07, 6.45) is 0. The van der Waals surface area contributed by atoms with Gasteiger partial charge in [-0.3, -0.25) is 10.1 Å². The Balaban J connectivity index is 2.35. The highest BCUT2D eigenvalue weighted by atomic mass is 35.5. The summed E-state index contributed by atoms with van der Waals surface area (Å²) < 4.78 is 31.6. The van der Waals surface area contributed by atoms with Crippen LogP contribution in [0.15, 0.2) is 41.3 Å². The van der Waals surface area contributed by atoms with E-state index in [0.717, 1.165) is 15.9 Å². The molecule has 0 aliphatic rings. The first-order valence-corrected chi connectivity index (χ1v) is 9.02. The molecule has 0 amide bonds. The average Bonchev–Trinajstić information content (AvgIpc) is 2.57. The molecule has 25 heavy (non-hydrogen) atoms. The predicted molar refractivity (Wildman–Crippen MR) is 94.5 cm³/mol. The van der Waals surface area contributed by atoms with Crippen LogP contribution in [0.1, 0.15) is 11.1 Å². The fourth-order valence-electron chi connectivity index (χ4n) is 2.23. The monoisotopic (exact) mass is 384 g/mol. The molecule has 0 spiro atoms. The van der Waals surface area contributed by atoms with E-state index in [4.69, 9.17) is 16.3 Å². The number of halogens is 1. The van der Waals surface area contributed by atoms with Gasteiger partial charge < -0.3 is 4.74 Å². The summed E-state index contributed by atoms with van der Waals surface area (Å²) in [5.74, 6) is 0.662. The highest BCUT2D eigenvalue weighted by molar-refractivity contribution is 7.89. The van der Waals surface area contributed by atoms with Crippen molar-refractivity contribution in [1.82, 2.24) is 4.31 Å². The van der Waals surface area contributed by atoms with Crippen molar-refractivity contribution in [2.24, 2.45) is 0 Å². The Labute approximate surface area is 151 Å². The number of benzene rings is 2. The number of ether oxygens (including phenoxy) is 1. The lowest BCUT2D eigenvalue weighted by Gasteiger charge is -2.18. The number of nitro benzene ring substituents is 1. The van der Waals surface area contributed by atoms with Gasteiger partial charge in [-0.15, -0.1) is 0 Å². The molecular weight excluding hydrogens is 368 g/mol. The first kappa shape index (κ1) is 19.2. The molecule has 0 atom stereocenters. The molecule has 0 aromatic heterocycles. The maximum atomic E-state index is 12.7. The maximum Gasteiger partial charge on any atom is 0.275 e. The van der Waals surface area contributed by atoms with E-state index < -0.39 is 14.9 Å². The Kier molecular flexibility index (Phi) is 5.66. The first-order valence-electron chi connectivity index (χ1n) is 7.20. The molecule has 2 aromatic carbocycles. The van der Waals surface area contributed by atoms with Crippen LogP contribution in [0.3, 0.4) is 0 Å². The van der Waals surface area contributed by atoms with E-state index in [1.807, 2.05) is 0 Å². The quantitative estimate of drug-likeness (QED) is 0.562.